The highest BCUT2D eigenvalue weighted by Crippen LogP contribution is 2.23. The summed E-state index contributed by atoms with van der Waals surface area (Å²) in [6.07, 6.45) is -1.96. The Morgan fingerprint density at radius 1 is 1.19 bits per heavy atom. The summed E-state index contributed by atoms with van der Waals surface area (Å²) >= 11 is 0. The normalized spacial score (nSPS) is 17.6. The highest BCUT2D eigenvalue weighted by molar-refractivity contribution is 5.42. The second-order valence-electron chi connectivity index (χ2n) is 5.23. The molecule has 6 nitrogen and oxygen atoms in total. The molecule has 0 radical (unpaired) electrons. The van der Waals surface area contributed by atoms with E-state index in [0.717, 1.165) is 32.4 Å². The third-order valence-electron chi connectivity index (χ3n) is 3.19. The van der Waals surface area contributed by atoms with Crippen LogP contribution in [0, 0.1) is 0 Å². The van der Waals surface area contributed by atoms with Crippen LogP contribution in [0.15, 0.2) is 0 Å². The molecule has 9 heteroatoms. The van der Waals surface area contributed by atoms with Crippen molar-refractivity contribution in [2.45, 2.75) is 44.8 Å². The zero-order chi connectivity index (χ0) is 15.5. The molecule has 0 saturated carbocycles. The summed E-state index contributed by atoms with van der Waals surface area (Å²) in [6.45, 7) is 3.07. The standard InChI is InChI=1S/C12H19F3N6/c1-8(7-12(13,14)15)17-10-18-9(16)19-11(20-10)21-5-3-2-4-6-21/h8H,2-7H2,1H3,(H3,16,17,18,19,20). The van der Waals surface area contributed by atoms with Gasteiger partial charge in [-0.05, 0) is 26.2 Å². The lowest BCUT2D eigenvalue weighted by Crippen LogP contribution is -2.32. The molecule has 118 valence electrons. The molecule has 0 bridgehead atoms. The molecule has 1 aromatic heterocycles. The third kappa shape index (κ3) is 4.91. The van der Waals surface area contributed by atoms with Gasteiger partial charge in [0, 0.05) is 19.1 Å². The van der Waals surface area contributed by atoms with Crippen molar-refractivity contribution in [3.05, 3.63) is 0 Å². The van der Waals surface area contributed by atoms with E-state index in [4.69, 9.17) is 5.73 Å². The fourth-order valence-corrected chi connectivity index (χ4v) is 2.30. The second-order valence-corrected chi connectivity index (χ2v) is 5.23. The molecule has 0 aliphatic carbocycles. The average Bonchev–Trinajstić information content (AvgIpc) is 2.36. The van der Waals surface area contributed by atoms with E-state index in [1.54, 1.807) is 0 Å². The first kappa shape index (κ1) is 15.6. The van der Waals surface area contributed by atoms with Gasteiger partial charge < -0.3 is 16.0 Å². The van der Waals surface area contributed by atoms with Crippen LogP contribution in [0.1, 0.15) is 32.6 Å². The van der Waals surface area contributed by atoms with Crippen molar-refractivity contribution in [1.82, 2.24) is 15.0 Å². The summed E-state index contributed by atoms with van der Waals surface area (Å²) in [5, 5.41) is 2.63. The van der Waals surface area contributed by atoms with Crippen LogP contribution >= 0.6 is 0 Å². The maximum Gasteiger partial charge on any atom is 0.391 e. The predicted molar refractivity (Wildman–Crippen MR) is 74.1 cm³/mol. The molecular formula is C12H19F3N6. The molecule has 2 heterocycles. The van der Waals surface area contributed by atoms with Gasteiger partial charge >= 0.3 is 6.18 Å². The molecule has 1 atom stereocenters. The number of nitrogens with one attached hydrogen (secondary N) is 1. The maximum atomic E-state index is 12.3. The van der Waals surface area contributed by atoms with Gasteiger partial charge in [0.25, 0.3) is 0 Å². The number of nitrogens with zero attached hydrogens (tertiary/aromatic N) is 4. The van der Waals surface area contributed by atoms with Crippen LogP contribution in [0.4, 0.5) is 31.0 Å². The number of rotatable bonds is 4. The van der Waals surface area contributed by atoms with Gasteiger partial charge in [-0.2, -0.15) is 28.1 Å². The molecule has 1 fully saturated rings. The first-order valence-corrected chi connectivity index (χ1v) is 6.93. The Morgan fingerprint density at radius 3 is 2.48 bits per heavy atom. The van der Waals surface area contributed by atoms with Crippen LogP contribution in [-0.2, 0) is 0 Å². The molecule has 1 saturated heterocycles. The highest BCUT2D eigenvalue weighted by atomic mass is 19.4. The molecule has 1 unspecified atom stereocenters. The lowest BCUT2D eigenvalue weighted by molar-refractivity contribution is -0.136. The number of aromatic nitrogens is 3. The maximum absolute atomic E-state index is 12.3. The number of anilines is 3. The Kier molecular flexibility index (Phi) is 4.69. The molecule has 0 amide bonds. The zero-order valence-electron chi connectivity index (χ0n) is 11.8. The van der Waals surface area contributed by atoms with Crippen molar-refractivity contribution >= 4 is 17.8 Å². The van der Waals surface area contributed by atoms with Gasteiger partial charge in [0.1, 0.15) is 0 Å². The van der Waals surface area contributed by atoms with Crippen LogP contribution in [0.2, 0.25) is 0 Å². The number of nitrogens with two attached hydrogens (primary N) is 1. The van der Waals surface area contributed by atoms with Crippen molar-refractivity contribution in [2.24, 2.45) is 0 Å². The SMILES string of the molecule is CC(CC(F)(F)F)Nc1nc(N)nc(N2CCCCC2)n1. The molecular weight excluding hydrogens is 285 g/mol. The molecule has 0 aromatic carbocycles. The largest absolute Gasteiger partial charge is 0.391 e. The van der Waals surface area contributed by atoms with Crippen LogP contribution in [0.25, 0.3) is 0 Å². The summed E-state index contributed by atoms with van der Waals surface area (Å²) in [6, 6.07) is -0.832. The summed E-state index contributed by atoms with van der Waals surface area (Å²) in [5.41, 5.74) is 5.62. The molecule has 2 rings (SSSR count). The zero-order valence-corrected chi connectivity index (χ0v) is 11.8. The van der Waals surface area contributed by atoms with Gasteiger partial charge in [-0.15, -0.1) is 0 Å². The molecule has 1 aliphatic rings. The summed E-state index contributed by atoms with van der Waals surface area (Å²) in [4.78, 5) is 14.1. The average molecular weight is 304 g/mol. The topological polar surface area (TPSA) is 80.0 Å². The summed E-state index contributed by atoms with van der Waals surface area (Å²) < 4.78 is 37.0. The number of halogens is 3. The minimum Gasteiger partial charge on any atom is -0.368 e. The van der Waals surface area contributed by atoms with E-state index in [2.05, 4.69) is 20.3 Å². The van der Waals surface area contributed by atoms with Crippen molar-refractivity contribution < 1.29 is 13.2 Å². The summed E-state index contributed by atoms with van der Waals surface area (Å²) in [7, 11) is 0. The molecule has 1 aliphatic heterocycles. The first-order chi connectivity index (χ1) is 9.83. The second kappa shape index (κ2) is 6.31. The van der Waals surface area contributed by atoms with E-state index in [9.17, 15) is 13.2 Å². The monoisotopic (exact) mass is 304 g/mol. The third-order valence-corrected chi connectivity index (χ3v) is 3.19. The minimum absolute atomic E-state index is 0.00674. The van der Waals surface area contributed by atoms with Gasteiger partial charge in [0.05, 0.1) is 6.42 Å². The van der Waals surface area contributed by atoms with E-state index in [1.165, 1.54) is 6.92 Å². The van der Waals surface area contributed by atoms with E-state index in [1.807, 2.05) is 4.90 Å². The molecule has 0 spiro atoms. The lowest BCUT2D eigenvalue weighted by atomic mass is 10.1. The fraction of sp³-hybridized carbons (Fsp3) is 0.750. The molecule has 3 N–H and O–H groups in total. The predicted octanol–water partition coefficient (Wildman–Crippen LogP) is 2.20. The minimum atomic E-state index is -4.24. The smallest absolute Gasteiger partial charge is 0.368 e. The Morgan fingerprint density at radius 2 is 1.86 bits per heavy atom. The van der Waals surface area contributed by atoms with Gasteiger partial charge in [0.2, 0.25) is 17.8 Å². The fourth-order valence-electron chi connectivity index (χ4n) is 2.30. The van der Waals surface area contributed by atoms with Gasteiger partial charge in [-0.1, -0.05) is 0 Å². The summed E-state index contributed by atoms with van der Waals surface area (Å²) in [5.74, 6) is 0.510. The van der Waals surface area contributed by atoms with E-state index in [-0.39, 0.29) is 11.9 Å². The van der Waals surface area contributed by atoms with Crippen molar-refractivity contribution in [1.29, 1.82) is 0 Å². The van der Waals surface area contributed by atoms with Crippen molar-refractivity contribution in [3.63, 3.8) is 0 Å². The number of hydrogen-bond donors (Lipinski definition) is 2. The Labute approximate surface area is 121 Å². The Hall–Kier alpha value is -1.80. The van der Waals surface area contributed by atoms with Gasteiger partial charge in [-0.3, -0.25) is 0 Å². The highest BCUT2D eigenvalue weighted by Gasteiger charge is 2.30. The van der Waals surface area contributed by atoms with Crippen molar-refractivity contribution in [3.8, 4) is 0 Å². The van der Waals surface area contributed by atoms with Crippen molar-refractivity contribution in [2.75, 3.05) is 29.0 Å². The Balaban J connectivity index is 2.07. The van der Waals surface area contributed by atoms with Gasteiger partial charge in [0.15, 0.2) is 0 Å². The Bertz CT molecular complexity index is 473. The van der Waals surface area contributed by atoms with E-state index >= 15 is 0 Å². The molecule has 21 heavy (non-hydrogen) atoms. The van der Waals surface area contributed by atoms with E-state index in [0.29, 0.717) is 5.95 Å². The van der Waals surface area contributed by atoms with Crippen LogP contribution in [0.3, 0.4) is 0 Å². The molecule has 1 aromatic rings. The lowest BCUT2D eigenvalue weighted by Gasteiger charge is -2.27. The first-order valence-electron chi connectivity index (χ1n) is 6.93. The quantitative estimate of drug-likeness (QED) is 0.887. The van der Waals surface area contributed by atoms with Crippen LogP contribution in [-0.4, -0.2) is 40.3 Å². The van der Waals surface area contributed by atoms with Crippen LogP contribution in [0.5, 0.6) is 0 Å². The van der Waals surface area contributed by atoms with Crippen LogP contribution < -0.4 is 16.0 Å². The number of piperidine rings is 1. The number of nitrogen functional groups attached to an aromatic ring is 1. The number of hydrogen-bond acceptors (Lipinski definition) is 6. The van der Waals surface area contributed by atoms with E-state index < -0.39 is 18.6 Å². The van der Waals surface area contributed by atoms with Gasteiger partial charge in [-0.25, -0.2) is 0 Å². The number of alkyl halides is 3.